The van der Waals surface area contributed by atoms with E-state index in [1.54, 1.807) is 30.5 Å². The van der Waals surface area contributed by atoms with Crippen molar-refractivity contribution >= 4 is 29.4 Å². The molecule has 1 aliphatic heterocycles. The number of ketones is 2. The lowest BCUT2D eigenvalue weighted by Crippen LogP contribution is -2.36. The van der Waals surface area contributed by atoms with E-state index in [-0.39, 0.29) is 35.6 Å². The first-order valence-corrected chi connectivity index (χ1v) is 14.5. The van der Waals surface area contributed by atoms with Crippen LogP contribution in [0.4, 0.5) is 4.79 Å². The number of nitrogens with zero attached hydrogens (tertiary/aromatic N) is 1. The summed E-state index contributed by atoms with van der Waals surface area (Å²) in [6.45, 7) is 13.6. The maximum absolute atomic E-state index is 13.6. The standard InChI is InChI=1S/C31H41NO5S/c1-19(2)36-30(35)32-17-25(27(18-32)28(34)24-11-13-26(38-8)14-12-24)10-9-23-15-20(3)29(21(4)16-23)37-31(6,7)22(5)33/h11-16,19,25,27H,9-10,17-18H2,1-8H3. The number of thioether (sulfide) groups is 1. The van der Waals surface area contributed by atoms with Crippen LogP contribution in [0.3, 0.4) is 0 Å². The van der Waals surface area contributed by atoms with Crippen molar-refractivity contribution in [2.45, 2.75) is 77.9 Å². The van der Waals surface area contributed by atoms with Crippen LogP contribution in [0, 0.1) is 25.7 Å². The summed E-state index contributed by atoms with van der Waals surface area (Å²) >= 11 is 1.64. The van der Waals surface area contributed by atoms with E-state index in [4.69, 9.17) is 9.47 Å². The molecule has 1 amide bonds. The number of aryl methyl sites for hydroxylation is 3. The van der Waals surface area contributed by atoms with Crippen LogP contribution in [0.1, 0.15) is 68.1 Å². The Balaban J connectivity index is 1.79. The largest absolute Gasteiger partial charge is 0.480 e. The highest BCUT2D eigenvalue weighted by atomic mass is 32.2. The second kappa shape index (κ2) is 12.4. The van der Waals surface area contributed by atoms with Crippen LogP contribution in [0.5, 0.6) is 5.75 Å². The van der Waals surface area contributed by atoms with Gasteiger partial charge in [-0.05, 0) is 102 Å². The number of Topliss-reactive ketones (excluding diaryl/α,β-unsaturated/α-hetero) is 2. The Labute approximate surface area is 231 Å². The summed E-state index contributed by atoms with van der Waals surface area (Å²) in [6, 6.07) is 11.9. The summed E-state index contributed by atoms with van der Waals surface area (Å²) in [6.07, 6.45) is 2.97. The maximum Gasteiger partial charge on any atom is 0.410 e. The molecule has 38 heavy (non-hydrogen) atoms. The van der Waals surface area contributed by atoms with Crippen molar-refractivity contribution < 1.29 is 23.9 Å². The van der Waals surface area contributed by atoms with Crippen molar-refractivity contribution in [1.29, 1.82) is 0 Å². The molecule has 2 aromatic rings. The summed E-state index contributed by atoms with van der Waals surface area (Å²) < 4.78 is 11.5. The van der Waals surface area contributed by atoms with Gasteiger partial charge in [0.2, 0.25) is 0 Å². The smallest absolute Gasteiger partial charge is 0.410 e. The third-order valence-corrected chi connectivity index (χ3v) is 8.02. The minimum absolute atomic E-state index is 0.0237. The Morgan fingerprint density at radius 2 is 1.66 bits per heavy atom. The monoisotopic (exact) mass is 539 g/mol. The molecule has 1 fully saturated rings. The minimum atomic E-state index is -0.892. The van der Waals surface area contributed by atoms with E-state index in [0.29, 0.717) is 18.7 Å². The second-order valence-electron chi connectivity index (χ2n) is 11.1. The summed E-state index contributed by atoms with van der Waals surface area (Å²) in [4.78, 5) is 41.0. The van der Waals surface area contributed by atoms with Gasteiger partial charge in [-0.25, -0.2) is 4.79 Å². The SMILES string of the molecule is CSc1ccc(C(=O)C2CN(C(=O)OC(C)C)CC2CCc2cc(C)c(OC(C)(C)C(C)=O)c(C)c2)cc1. The topological polar surface area (TPSA) is 72.9 Å². The molecule has 0 saturated carbocycles. The van der Waals surface area contributed by atoms with Crippen LogP contribution in [0.25, 0.3) is 0 Å². The number of amides is 1. The maximum atomic E-state index is 13.6. The molecule has 0 N–H and O–H groups in total. The number of hydrogen-bond acceptors (Lipinski definition) is 6. The molecular formula is C31H41NO5S. The number of rotatable bonds is 10. The molecule has 2 unspecified atom stereocenters. The number of benzene rings is 2. The fourth-order valence-electron chi connectivity index (χ4n) is 4.88. The Morgan fingerprint density at radius 3 is 2.18 bits per heavy atom. The van der Waals surface area contributed by atoms with E-state index < -0.39 is 5.60 Å². The third kappa shape index (κ3) is 7.19. The van der Waals surface area contributed by atoms with Crippen molar-refractivity contribution in [2.75, 3.05) is 19.3 Å². The van der Waals surface area contributed by atoms with Gasteiger partial charge in [-0.1, -0.05) is 24.3 Å². The number of likely N-dealkylation sites (tertiary alicyclic amines) is 1. The van der Waals surface area contributed by atoms with Gasteiger partial charge in [-0.3, -0.25) is 9.59 Å². The lowest BCUT2D eigenvalue weighted by molar-refractivity contribution is -0.129. The van der Waals surface area contributed by atoms with Crippen LogP contribution in [-0.2, 0) is 16.0 Å². The predicted octanol–water partition coefficient (Wildman–Crippen LogP) is 6.68. The van der Waals surface area contributed by atoms with E-state index in [9.17, 15) is 14.4 Å². The van der Waals surface area contributed by atoms with Crippen LogP contribution in [0.2, 0.25) is 0 Å². The molecular weight excluding hydrogens is 498 g/mol. The normalized spacial score (nSPS) is 17.6. The van der Waals surface area contributed by atoms with E-state index in [0.717, 1.165) is 40.2 Å². The number of carbonyl (C=O) groups is 3. The van der Waals surface area contributed by atoms with Crippen LogP contribution in [0.15, 0.2) is 41.3 Å². The first kappa shape index (κ1) is 29.8. The van der Waals surface area contributed by atoms with Crippen molar-refractivity contribution in [2.24, 2.45) is 11.8 Å². The highest BCUT2D eigenvalue weighted by Crippen LogP contribution is 2.34. The summed E-state index contributed by atoms with van der Waals surface area (Å²) in [5, 5.41) is 0. The minimum Gasteiger partial charge on any atom is -0.480 e. The lowest BCUT2D eigenvalue weighted by Gasteiger charge is -2.26. The van der Waals surface area contributed by atoms with Crippen LogP contribution in [-0.4, -0.2) is 53.6 Å². The van der Waals surface area contributed by atoms with E-state index >= 15 is 0 Å². The molecule has 0 bridgehead atoms. The summed E-state index contributed by atoms with van der Waals surface area (Å²) in [7, 11) is 0. The molecule has 1 saturated heterocycles. The molecule has 3 rings (SSSR count). The van der Waals surface area contributed by atoms with E-state index in [1.807, 2.05) is 58.2 Å². The molecule has 7 heteroatoms. The average Bonchev–Trinajstić information content (AvgIpc) is 3.28. The van der Waals surface area contributed by atoms with Gasteiger partial charge in [0, 0.05) is 29.5 Å². The first-order chi connectivity index (χ1) is 17.8. The Bertz CT molecular complexity index is 1150. The molecule has 206 valence electrons. The fourth-order valence-corrected chi connectivity index (χ4v) is 5.29. The second-order valence-corrected chi connectivity index (χ2v) is 11.9. The number of carbonyl (C=O) groups excluding carboxylic acids is 3. The average molecular weight is 540 g/mol. The molecule has 2 atom stereocenters. The Kier molecular flexibility index (Phi) is 9.69. The van der Waals surface area contributed by atoms with Gasteiger partial charge < -0.3 is 14.4 Å². The van der Waals surface area contributed by atoms with Crippen molar-refractivity contribution in [3.8, 4) is 5.75 Å². The third-order valence-electron chi connectivity index (χ3n) is 7.28. The predicted molar refractivity (Wildman–Crippen MR) is 152 cm³/mol. The van der Waals surface area contributed by atoms with Crippen molar-refractivity contribution in [3.63, 3.8) is 0 Å². The van der Waals surface area contributed by atoms with Gasteiger partial charge in [-0.2, -0.15) is 0 Å². The van der Waals surface area contributed by atoms with Gasteiger partial charge >= 0.3 is 6.09 Å². The van der Waals surface area contributed by atoms with E-state index in [1.165, 1.54) is 6.92 Å². The van der Waals surface area contributed by atoms with Gasteiger partial charge in [0.05, 0.1) is 6.10 Å². The van der Waals surface area contributed by atoms with Crippen molar-refractivity contribution in [3.05, 3.63) is 58.7 Å². The summed E-state index contributed by atoms with van der Waals surface area (Å²) in [5.41, 5.74) is 2.88. The fraction of sp³-hybridized carbons (Fsp3) is 0.516. The molecule has 6 nitrogen and oxygen atoms in total. The molecule has 2 aromatic carbocycles. The summed E-state index contributed by atoms with van der Waals surface area (Å²) in [5.74, 6) is 0.525. The quantitative estimate of drug-likeness (QED) is 0.248. The molecule has 0 spiro atoms. The van der Waals surface area contributed by atoms with Gasteiger partial charge in [-0.15, -0.1) is 11.8 Å². The highest BCUT2D eigenvalue weighted by Gasteiger charge is 2.40. The molecule has 1 aliphatic rings. The molecule has 0 aromatic heterocycles. The van der Waals surface area contributed by atoms with E-state index in [2.05, 4.69) is 12.1 Å². The van der Waals surface area contributed by atoms with Gasteiger partial charge in [0.15, 0.2) is 17.2 Å². The highest BCUT2D eigenvalue weighted by molar-refractivity contribution is 7.98. The van der Waals surface area contributed by atoms with Crippen LogP contribution < -0.4 is 4.74 Å². The van der Waals surface area contributed by atoms with Gasteiger partial charge in [0.25, 0.3) is 0 Å². The van der Waals surface area contributed by atoms with Crippen LogP contribution >= 0.6 is 11.8 Å². The zero-order valence-electron chi connectivity index (χ0n) is 23.9. The zero-order chi connectivity index (χ0) is 28.2. The Hall–Kier alpha value is -2.80. The number of hydrogen-bond donors (Lipinski definition) is 0. The van der Waals surface area contributed by atoms with Crippen molar-refractivity contribution in [1.82, 2.24) is 4.90 Å². The molecule has 0 radical (unpaired) electrons. The molecule has 1 heterocycles. The molecule has 0 aliphatic carbocycles. The zero-order valence-corrected chi connectivity index (χ0v) is 24.7. The van der Waals surface area contributed by atoms with Gasteiger partial charge in [0.1, 0.15) is 5.75 Å². The number of ether oxygens (including phenoxy) is 2. The first-order valence-electron chi connectivity index (χ1n) is 13.3. The lowest BCUT2D eigenvalue weighted by atomic mass is 9.84. The Morgan fingerprint density at radius 1 is 1.05 bits per heavy atom.